The highest BCUT2D eigenvalue weighted by Crippen LogP contribution is 2.24. The van der Waals surface area contributed by atoms with Crippen LogP contribution >= 0.6 is 0 Å². The summed E-state index contributed by atoms with van der Waals surface area (Å²) < 4.78 is 33.8. The van der Waals surface area contributed by atoms with Gasteiger partial charge in [-0.15, -0.1) is 3.89 Å². The number of aliphatic hydroxyl groups is 1. The molecule has 0 aliphatic carbocycles. The third-order valence-electron chi connectivity index (χ3n) is 2.91. The van der Waals surface area contributed by atoms with E-state index in [4.69, 9.17) is 5.11 Å². The number of aromatic nitrogens is 1. The van der Waals surface area contributed by atoms with Crippen LogP contribution < -0.4 is 4.90 Å². The molecule has 1 saturated heterocycles. The zero-order valence-corrected chi connectivity index (χ0v) is 10.8. The highest BCUT2D eigenvalue weighted by molar-refractivity contribution is 7.86. The first-order chi connectivity index (χ1) is 8.89. The van der Waals surface area contributed by atoms with Gasteiger partial charge in [-0.25, -0.2) is 4.98 Å². The van der Waals surface area contributed by atoms with Crippen LogP contribution in [0.1, 0.15) is 12.0 Å². The molecule has 1 amide bonds. The Morgan fingerprint density at radius 3 is 2.74 bits per heavy atom. The van der Waals surface area contributed by atoms with Gasteiger partial charge in [-0.3, -0.25) is 9.69 Å². The van der Waals surface area contributed by atoms with Crippen LogP contribution in [0.25, 0.3) is 0 Å². The van der Waals surface area contributed by atoms with Gasteiger partial charge < -0.3 is 5.11 Å². The molecule has 19 heavy (non-hydrogen) atoms. The van der Waals surface area contributed by atoms with Crippen LogP contribution in [0.15, 0.2) is 18.3 Å². The average molecular weight is 288 g/mol. The maximum atomic E-state index is 12.6. The van der Waals surface area contributed by atoms with E-state index in [9.17, 15) is 17.1 Å². The molecule has 2 rings (SSSR count). The highest BCUT2D eigenvalue weighted by atomic mass is 32.3. The van der Waals surface area contributed by atoms with Gasteiger partial charge in [-0.2, -0.15) is 8.42 Å². The molecule has 1 aliphatic rings. The van der Waals surface area contributed by atoms with E-state index in [0.29, 0.717) is 11.4 Å². The predicted octanol–water partition coefficient (Wildman–Crippen LogP) is 0.226. The van der Waals surface area contributed by atoms with Crippen LogP contribution in [0.2, 0.25) is 0 Å². The second-order valence-electron chi connectivity index (χ2n) is 4.46. The first kappa shape index (κ1) is 13.9. The predicted molar refractivity (Wildman–Crippen MR) is 65.5 cm³/mol. The normalized spacial score (nSPS) is 20.0. The molecule has 1 atom stereocenters. The molecule has 1 unspecified atom stereocenters. The van der Waals surface area contributed by atoms with Gasteiger partial charge >= 0.3 is 10.2 Å². The van der Waals surface area contributed by atoms with Crippen molar-refractivity contribution in [3.05, 3.63) is 23.9 Å². The minimum absolute atomic E-state index is 0.00736. The second-order valence-corrected chi connectivity index (χ2v) is 5.87. The Hall–Kier alpha value is -1.54. The maximum Gasteiger partial charge on any atom is 0.302 e. The number of carbonyl (C=O) groups is 1. The Balaban J connectivity index is 2.11. The van der Waals surface area contributed by atoms with Crippen molar-refractivity contribution in [2.24, 2.45) is 5.92 Å². The maximum absolute atomic E-state index is 12.6. The third kappa shape index (κ3) is 3.48. The molecule has 8 heteroatoms. The smallest absolute Gasteiger partial charge is 0.302 e. The fourth-order valence-electron chi connectivity index (χ4n) is 2.07. The van der Waals surface area contributed by atoms with E-state index in [1.165, 1.54) is 11.1 Å². The first-order valence-corrected chi connectivity index (χ1v) is 7.23. The fourth-order valence-corrected chi connectivity index (χ4v) is 2.85. The summed E-state index contributed by atoms with van der Waals surface area (Å²) in [6.45, 7) is -0.0165. The van der Waals surface area contributed by atoms with Gasteiger partial charge in [0.1, 0.15) is 5.82 Å². The lowest BCUT2D eigenvalue weighted by molar-refractivity contribution is -0.117. The van der Waals surface area contributed by atoms with Gasteiger partial charge in [0, 0.05) is 25.1 Å². The molecule has 0 aromatic carbocycles. The monoisotopic (exact) mass is 288 g/mol. The zero-order valence-electron chi connectivity index (χ0n) is 9.99. The molecule has 1 fully saturated rings. The Morgan fingerprint density at radius 2 is 2.21 bits per heavy atom. The van der Waals surface area contributed by atoms with E-state index in [2.05, 4.69) is 4.98 Å². The number of amides is 1. The van der Waals surface area contributed by atoms with Gasteiger partial charge in [0.05, 0.1) is 12.4 Å². The van der Waals surface area contributed by atoms with Crippen LogP contribution in [-0.4, -0.2) is 36.7 Å². The van der Waals surface area contributed by atoms with Gasteiger partial charge in [0.2, 0.25) is 5.91 Å². The van der Waals surface area contributed by atoms with Gasteiger partial charge in [-0.05, 0) is 11.6 Å². The van der Waals surface area contributed by atoms with E-state index in [1.54, 1.807) is 12.1 Å². The third-order valence-corrected chi connectivity index (χ3v) is 3.78. The number of rotatable bonds is 4. The van der Waals surface area contributed by atoms with Crippen LogP contribution in [0.5, 0.6) is 0 Å². The molecule has 1 aromatic rings. The van der Waals surface area contributed by atoms with Crippen molar-refractivity contribution in [1.29, 1.82) is 0 Å². The number of pyridine rings is 1. The summed E-state index contributed by atoms with van der Waals surface area (Å²) in [7, 11) is -4.58. The number of hydrogen-bond acceptors (Lipinski definition) is 5. The molecule has 0 radical (unpaired) electrons. The molecule has 1 aromatic heterocycles. The van der Waals surface area contributed by atoms with E-state index in [-0.39, 0.29) is 25.5 Å². The molecular formula is C11H13FN2O4S. The van der Waals surface area contributed by atoms with E-state index in [1.807, 2.05) is 0 Å². The summed E-state index contributed by atoms with van der Waals surface area (Å²) >= 11 is 0. The molecule has 1 N–H and O–H groups in total. The van der Waals surface area contributed by atoms with E-state index >= 15 is 0 Å². The summed E-state index contributed by atoms with van der Waals surface area (Å²) in [6, 6.07) is 3.19. The second kappa shape index (κ2) is 5.22. The lowest BCUT2D eigenvalue weighted by Gasteiger charge is -2.15. The Bertz CT molecular complexity index is 573. The van der Waals surface area contributed by atoms with Gasteiger partial charge in [0.25, 0.3) is 0 Å². The number of carbonyl (C=O) groups excluding carboxylic acids is 1. The molecule has 1 aliphatic heterocycles. The summed E-state index contributed by atoms with van der Waals surface area (Å²) in [5, 5.41) is 8.89. The standard InChI is InChI=1S/C11H13FN2O4S/c12-19(17,18)7-9-3-11(16)14(5-9)10-2-1-8(6-15)4-13-10/h1-2,4,9,15H,3,5-7H2. The van der Waals surface area contributed by atoms with Crippen LogP contribution in [0, 0.1) is 5.92 Å². The van der Waals surface area contributed by atoms with E-state index in [0.717, 1.165) is 0 Å². The van der Waals surface area contributed by atoms with Crippen LogP contribution in [0.4, 0.5) is 9.70 Å². The topological polar surface area (TPSA) is 87.6 Å². The van der Waals surface area contributed by atoms with Gasteiger partial charge in [0.15, 0.2) is 0 Å². The minimum Gasteiger partial charge on any atom is -0.392 e. The molecule has 0 bridgehead atoms. The molecule has 104 valence electrons. The summed E-state index contributed by atoms with van der Waals surface area (Å²) in [4.78, 5) is 17.1. The minimum atomic E-state index is -4.58. The fraction of sp³-hybridized carbons (Fsp3) is 0.455. The quantitative estimate of drug-likeness (QED) is 0.801. The van der Waals surface area contributed by atoms with Crippen molar-refractivity contribution in [3.8, 4) is 0 Å². The molecule has 0 saturated carbocycles. The number of aliphatic hydroxyl groups excluding tert-OH is 1. The molecule has 0 spiro atoms. The summed E-state index contributed by atoms with van der Waals surface area (Å²) in [5.74, 6) is -1.11. The summed E-state index contributed by atoms with van der Waals surface area (Å²) in [5.41, 5.74) is 0.610. The van der Waals surface area contributed by atoms with Crippen molar-refractivity contribution < 1.29 is 22.2 Å². The van der Waals surface area contributed by atoms with Crippen LogP contribution in [0.3, 0.4) is 0 Å². The number of halogens is 1. The number of anilines is 1. The Labute approximate surface area is 110 Å². The van der Waals surface area contributed by atoms with Gasteiger partial charge in [-0.1, -0.05) is 6.07 Å². The number of nitrogens with zero attached hydrogens (tertiary/aromatic N) is 2. The largest absolute Gasteiger partial charge is 0.392 e. The zero-order chi connectivity index (χ0) is 14.0. The van der Waals surface area contributed by atoms with Crippen molar-refractivity contribution in [2.75, 3.05) is 17.2 Å². The Morgan fingerprint density at radius 1 is 1.47 bits per heavy atom. The van der Waals surface area contributed by atoms with E-state index < -0.39 is 21.9 Å². The van der Waals surface area contributed by atoms with Crippen LogP contribution in [-0.2, 0) is 21.6 Å². The molecule has 6 nitrogen and oxygen atoms in total. The summed E-state index contributed by atoms with van der Waals surface area (Å²) in [6.07, 6.45) is 1.43. The lowest BCUT2D eigenvalue weighted by Crippen LogP contribution is -2.26. The van der Waals surface area contributed by atoms with Crippen molar-refractivity contribution in [2.45, 2.75) is 13.0 Å². The highest BCUT2D eigenvalue weighted by Gasteiger charge is 2.34. The molecular weight excluding hydrogens is 275 g/mol. The Kier molecular flexibility index (Phi) is 3.81. The van der Waals surface area contributed by atoms with Crippen molar-refractivity contribution in [3.63, 3.8) is 0 Å². The van der Waals surface area contributed by atoms with Crippen molar-refractivity contribution >= 4 is 21.9 Å². The molecule has 2 heterocycles. The first-order valence-electron chi connectivity index (χ1n) is 5.67. The number of hydrogen-bond donors (Lipinski definition) is 1. The lowest BCUT2D eigenvalue weighted by atomic mass is 10.1. The SMILES string of the molecule is O=C1CC(CS(=O)(=O)F)CN1c1ccc(CO)cn1. The van der Waals surface area contributed by atoms with Crippen molar-refractivity contribution in [1.82, 2.24) is 4.98 Å². The average Bonchev–Trinajstić information content (AvgIpc) is 2.68.